The summed E-state index contributed by atoms with van der Waals surface area (Å²) in [6.07, 6.45) is 0. The second-order valence-corrected chi connectivity index (χ2v) is 5.65. The molecule has 0 bridgehead atoms. The van der Waals surface area contributed by atoms with Crippen LogP contribution < -0.4 is 10.5 Å². The number of ether oxygens (including phenoxy) is 1. The lowest BCUT2D eigenvalue weighted by molar-refractivity contribution is 0.303. The van der Waals surface area contributed by atoms with Crippen LogP contribution in [0.4, 0.5) is 0 Å². The molecule has 19 heavy (non-hydrogen) atoms. The van der Waals surface area contributed by atoms with E-state index >= 15 is 0 Å². The number of benzene rings is 1. The molecule has 6 heteroatoms. The summed E-state index contributed by atoms with van der Waals surface area (Å²) >= 11 is 15.4. The fourth-order valence-electron chi connectivity index (χ4n) is 1.60. The summed E-state index contributed by atoms with van der Waals surface area (Å²) in [6, 6.07) is 5.25. The largest absolute Gasteiger partial charge is 0.487 e. The van der Waals surface area contributed by atoms with Crippen molar-refractivity contribution in [1.82, 2.24) is 0 Å². The molecule has 2 rings (SSSR count). The Morgan fingerprint density at radius 3 is 2.63 bits per heavy atom. The first-order chi connectivity index (χ1) is 9.01. The first kappa shape index (κ1) is 14.7. The molecule has 1 heterocycles. The highest BCUT2D eigenvalue weighted by molar-refractivity contribution is 9.10. The minimum Gasteiger partial charge on any atom is -0.487 e. The number of furan rings is 1. The first-order valence-corrected chi connectivity index (χ1v) is 7.11. The lowest BCUT2D eigenvalue weighted by atomic mass is 10.2. The molecule has 0 atom stereocenters. The van der Waals surface area contributed by atoms with Crippen LogP contribution in [0.5, 0.6) is 5.75 Å². The number of nitrogens with two attached hydrogens (primary N) is 1. The molecule has 0 aliphatic heterocycles. The number of hydrogen-bond acceptors (Lipinski definition) is 3. The molecule has 102 valence electrons. The molecule has 0 amide bonds. The van der Waals surface area contributed by atoms with Crippen LogP contribution in [0.2, 0.25) is 10.0 Å². The molecule has 0 aliphatic rings. The van der Waals surface area contributed by atoms with Crippen LogP contribution in [0.3, 0.4) is 0 Å². The van der Waals surface area contributed by atoms with Crippen LogP contribution in [0.15, 0.2) is 27.1 Å². The van der Waals surface area contributed by atoms with Gasteiger partial charge in [-0.05, 0) is 35.0 Å². The molecule has 0 unspecified atom stereocenters. The van der Waals surface area contributed by atoms with E-state index in [-0.39, 0.29) is 0 Å². The summed E-state index contributed by atoms with van der Waals surface area (Å²) in [4.78, 5) is 0. The zero-order valence-electron chi connectivity index (χ0n) is 10.2. The predicted molar refractivity (Wildman–Crippen MR) is 79.8 cm³/mol. The van der Waals surface area contributed by atoms with E-state index in [2.05, 4.69) is 15.9 Å². The second kappa shape index (κ2) is 6.18. The van der Waals surface area contributed by atoms with Crippen molar-refractivity contribution in [3.63, 3.8) is 0 Å². The zero-order valence-corrected chi connectivity index (χ0v) is 13.3. The average Bonchev–Trinajstić information content (AvgIpc) is 2.73. The summed E-state index contributed by atoms with van der Waals surface area (Å²) in [7, 11) is 0. The van der Waals surface area contributed by atoms with Crippen molar-refractivity contribution in [2.75, 3.05) is 0 Å². The van der Waals surface area contributed by atoms with Crippen LogP contribution in [0.1, 0.15) is 17.1 Å². The molecule has 0 aliphatic carbocycles. The van der Waals surface area contributed by atoms with Gasteiger partial charge in [-0.2, -0.15) is 0 Å². The minimum atomic E-state index is 0.354. The van der Waals surface area contributed by atoms with Crippen molar-refractivity contribution in [1.29, 1.82) is 0 Å². The molecule has 0 spiro atoms. The number of rotatable bonds is 4. The van der Waals surface area contributed by atoms with Gasteiger partial charge in [0.05, 0.1) is 16.6 Å². The maximum absolute atomic E-state index is 6.08. The van der Waals surface area contributed by atoms with Crippen LogP contribution >= 0.6 is 39.1 Å². The monoisotopic (exact) mass is 363 g/mol. The Kier molecular flexibility index (Phi) is 4.79. The highest BCUT2D eigenvalue weighted by atomic mass is 79.9. The number of halogens is 3. The topological polar surface area (TPSA) is 48.4 Å². The van der Waals surface area contributed by atoms with Gasteiger partial charge >= 0.3 is 0 Å². The highest BCUT2D eigenvalue weighted by Gasteiger charge is 2.10. The Morgan fingerprint density at radius 1 is 1.26 bits per heavy atom. The molecule has 0 radical (unpaired) electrons. The van der Waals surface area contributed by atoms with E-state index in [0.29, 0.717) is 28.9 Å². The van der Waals surface area contributed by atoms with E-state index in [1.54, 1.807) is 12.1 Å². The van der Waals surface area contributed by atoms with Gasteiger partial charge in [0.2, 0.25) is 0 Å². The average molecular weight is 365 g/mol. The van der Waals surface area contributed by atoms with Gasteiger partial charge in [0.25, 0.3) is 0 Å². The maximum Gasteiger partial charge on any atom is 0.139 e. The SMILES string of the molecule is Cc1oc(CN)cc1COc1cc(Cl)c(Br)cc1Cl. The molecular formula is C13H12BrCl2NO2. The zero-order chi connectivity index (χ0) is 14.0. The van der Waals surface area contributed by atoms with E-state index in [4.69, 9.17) is 38.1 Å². The van der Waals surface area contributed by atoms with E-state index < -0.39 is 0 Å². The molecular weight excluding hydrogens is 353 g/mol. The van der Waals surface area contributed by atoms with Gasteiger partial charge in [-0.25, -0.2) is 0 Å². The smallest absolute Gasteiger partial charge is 0.139 e. The van der Waals surface area contributed by atoms with Crippen molar-refractivity contribution in [2.45, 2.75) is 20.1 Å². The molecule has 2 aromatic rings. The minimum absolute atomic E-state index is 0.354. The standard InChI is InChI=1S/C13H12BrCl2NO2/c1-7-8(2-9(5-17)19-7)6-18-13-4-11(15)10(14)3-12(13)16/h2-4H,5-6,17H2,1H3. The van der Waals surface area contributed by atoms with E-state index in [9.17, 15) is 0 Å². The van der Waals surface area contributed by atoms with Gasteiger partial charge in [0.1, 0.15) is 23.9 Å². The van der Waals surface area contributed by atoms with Gasteiger partial charge < -0.3 is 14.9 Å². The Bertz CT molecular complexity index is 599. The molecule has 1 aromatic carbocycles. The fraction of sp³-hybridized carbons (Fsp3) is 0.231. The lowest BCUT2D eigenvalue weighted by Crippen LogP contribution is -1.97. The fourth-order valence-corrected chi connectivity index (χ4v) is 2.45. The van der Waals surface area contributed by atoms with Gasteiger partial charge in [-0.1, -0.05) is 23.2 Å². The summed E-state index contributed by atoms with van der Waals surface area (Å²) < 4.78 is 11.8. The van der Waals surface area contributed by atoms with Gasteiger partial charge in [0.15, 0.2) is 0 Å². The molecule has 0 saturated heterocycles. The predicted octanol–water partition coefficient (Wildman–Crippen LogP) is 4.70. The number of aryl methyl sites for hydroxylation is 1. The number of hydrogen-bond donors (Lipinski definition) is 1. The second-order valence-electron chi connectivity index (χ2n) is 3.98. The molecule has 0 saturated carbocycles. The molecule has 2 N–H and O–H groups in total. The van der Waals surface area contributed by atoms with Crippen molar-refractivity contribution >= 4 is 39.1 Å². The third-order valence-corrected chi connectivity index (χ3v) is 4.12. The van der Waals surface area contributed by atoms with E-state index in [1.807, 2.05) is 13.0 Å². The molecule has 0 fully saturated rings. The van der Waals surface area contributed by atoms with Crippen LogP contribution in [-0.4, -0.2) is 0 Å². The third kappa shape index (κ3) is 3.45. The first-order valence-electron chi connectivity index (χ1n) is 5.57. The van der Waals surface area contributed by atoms with Gasteiger partial charge in [-0.15, -0.1) is 0 Å². The van der Waals surface area contributed by atoms with Crippen molar-refractivity contribution in [3.05, 3.63) is 49.8 Å². The van der Waals surface area contributed by atoms with E-state index in [1.165, 1.54) is 0 Å². The molecule has 1 aromatic heterocycles. The highest BCUT2D eigenvalue weighted by Crippen LogP contribution is 2.34. The Labute approximate surface area is 129 Å². The van der Waals surface area contributed by atoms with Crippen molar-refractivity contribution in [2.24, 2.45) is 5.73 Å². The molecule has 3 nitrogen and oxygen atoms in total. The summed E-state index contributed by atoms with van der Waals surface area (Å²) in [6.45, 7) is 2.59. The van der Waals surface area contributed by atoms with Crippen molar-refractivity contribution < 1.29 is 9.15 Å². The van der Waals surface area contributed by atoms with Crippen LogP contribution in [-0.2, 0) is 13.2 Å². The lowest BCUT2D eigenvalue weighted by Gasteiger charge is -2.08. The Morgan fingerprint density at radius 2 is 2.00 bits per heavy atom. The maximum atomic E-state index is 6.08. The quantitative estimate of drug-likeness (QED) is 0.800. The van der Waals surface area contributed by atoms with Crippen molar-refractivity contribution in [3.8, 4) is 5.75 Å². The van der Waals surface area contributed by atoms with Gasteiger partial charge in [-0.3, -0.25) is 0 Å². The third-order valence-electron chi connectivity index (χ3n) is 2.63. The van der Waals surface area contributed by atoms with Crippen LogP contribution in [0.25, 0.3) is 0 Å². The summed E-state index contributed by atoms with van der Waals surface area (Å²) in [5, 5.41) is 1.04. The van der Waals surface area contributed by atoms with E-state index in [0.717, 1.165) is 21.6 Å². The van der Waals surface area contributed by atoms with Gasteiger partial charge in [0, 0.05) is 16.1 Å². The van der Waals surface area contributed by atoms with Crippen LogP contribution in [0, 0.1) is 6.92 Å². The Balaban J connectivity index is 2.14. The summed E-state index contributed by atoms with van der Waals surface area (Å²) in [5.41, 5.74) is 6.46. The Hall–Kier alpha value is -0.680. The summed E-state index contributed by atoms with van der Waals surface area (Å²) in [5.74, 6) is 2.06. The normalized spacial score (nSPS) is 10.8.